The second-order valence-electron chi connectivity index (χ2n) is 2.54. The van der Waals surface area contributed by atoms with Crippen LogP contribution >= 0.6 is 11.6 Å². The van der Waals surface area contributed by atoms with Crippen molar-refractivity contribution in [1.29, 1.82) is 5.26 Å². The summed E-state index contributed by atoms with van der Waals surface area (Å²) in [5.41, 5.74) is 0.784. The minimum atomic E-state index is -0.645. The number of ether oxygens (including phenoxy) is 1. The fraction of sp³-hybridized carbons (Fsp3) is 0.0909. The molecule has 74 valence electrons. The normalized spacial score (nSPS) is 8.33. The summed E-state index contributed by atoms with van der Waals surface area (Å²) in [4.78, 5) is 10.7. The highest BCUT2D eigenvalue weighted by molar-refractivity contribution is 6.30. The number of carbonyl (C=O) groups excluding carboxylic acids is 1. The minimum absolute atomic E-state index is 0.332. The molecule has 1 aromatic carbocycles. The average molecular weight is 220 g/mol. The van der Waals surface area contributed by atoms with Gasteiger partial charge in [-0.2, -0.15) is 5.26 Å². The number of hydrogen-bond acceptors (Lipinski definition) is 3. The molecular formula is C11H6ClNO2. The van der Waals surface area contributed by atoms with Crippen molar-refractivity contribution < 1.29 is 9.53 Å². The molecule has 1 aromatic rings. The molecule has 3 nitrogen and oxygen atoms in total. The van der Waals surface area contributed by atoms with Gasteiger partial charge in [0, 0.05) is 16.5 Å². The highest BCUT2D eigenvalue weighted by atomic mass is 35.5. The Bertz CT molecular complexity index is 492. The predicted molar refractivity (Wildman–Crippen MR) is 55.1 cm³/mol. The Balaban J connectivity index is 3.09. The lowest BCUT2D eigenvalue weighted by Crippen LogP contribution is -1.95. The van der Waals surface area contributed by atoms with Crippen molar-refractivity contribution in [2.45, 2.75) is 0 Å². The van der Waals surface area contributed by atoms with Crippen LogP contribution in [0, 0.1) is 23.2 Å². The maximum absolute atomic E-state index is 10.7. The molecule has 4 heteroatoms. The van der Waals surface area contributed by atoms with E-state index in [9.17, 15) is 4.79 Å². The van der Waals surface area contributed by atoms with E-state index in [0.29, 0.717) is 16.1 Å². The lowest BCUT2D eigenvalue weighted by molar-refractivity contribution is -0.133. The minimum Gasteiger partial charge on any atom is -0.459 e. The number of carbonyl (C=O) groups is 1. The molecule has 0 atom stereocenters. The summed E-state index contributed by atoms with van der Waals surface area (Å²) in [6.07, 6.45) is 0. The standard InChI is InChI=1S/C11H6ClNO2/c1-15-11(14)5-3-8-2-4-10(12)6-9(8)7-13/h2,4,6H,1H3. The molecule has 0 saturated heterocycles. The van der Waals surface area contributed by atoms with E-state index in [0.717, 1.165) is 0 Å². The van der Waals surface area contributed by atoms with Crippen molar-refractivity contribution in [3.05, 3.63) is 34.3 Å². The van der Waals surface area contributed by atoms with Gasteiger partial charge in [-0.15, -0.1) is 0 Å². The van der Waals surface area contributed by atoms with Gasteiger partial charge >= 0.3 is 5.97 Å². The zero-order valence-corrected chi connectivity index (χ0v) is 8.63. The summed E-state index contributed by atoms with van der Waals surface area (Å²) in [5, 5.41) is 9.23. The number of hydrogen-bond donors (Lipinski definition) is 0. The number of halogens is 1. The molecule has 15 heavy (non-hydrogen) atoms. The lowest BCUT2D eigenvalue weighted by Gasteiger charge is -1.95. The summed E-state index contributed by atoms with van der Waals surface area (Å²) >= 11 is 5.69. The molecule has 0 saturated carbocycles. The molecule has 0 amide bonds. The third-order valence-electron chi connectivity index (χ3n) is 1.59. The third-order valence-corrected chi connectivity index (χ3v) is 1.82. The first-order valence-electron chi connectivity index (χ1n) is 3.97. The number of benzene rings is 1. The Hall–Kier alpha value is -1.97. The summed E-state index contributed by atoms with van der Waals surface area (Å²) in [6.45, 7) is 0. The van der Waals surface area contributed by atoms with Crippen LogP contribution in [0.5, 0.6) is 0 Å². The van der Waals surface area contributed by atoms with E-state index in [1.807, 2.05) is 6.07 Å². The molecule has 0 fully saturated rings. The van der Waals surface area contributed by atoms with Gasteiger partial charge in [0.15, 0.2) is 0 Å². The van der Waals surface area contributed by atoms with Crippen LogP contribution in [0.1, 0.15) is 11.1 Å². The van der Waals surface area contributed by atoms with Crippen LogP contribution in [-0.4, -0.2) is 13.1 Å². The summed E-state index contributed by atoms with van der Waals surface area (Å²) in [6, 6.07) is 6.61. The predicted octanol–water partition coefficient (Wildman–Crippen LogP) is 1.74. The van der Waals surface area contributed by atoms with Gasteiger partial charge in [0.2, 0.25) is 0 Å². The monoisotopic (exact) mass is 219 g/mol. The van der Waals surface area contributed by atoms with Crippen molar-refractivity contribution in [3.8, 4) is 17.9 Å². The van der Waals surface area contributed by atoms with Gasteiger partial charge in [-0.05, 0) is 18.2 Å². The van der Waals surface area contributed by atoms with Gasteiger partial charge in [-0.25, -0.2) is 4.79 Å². The van der Waals surface area contributed by atoms with Crippen molar-refractivity contribution in [2.75, 3.05) is 7.11 Å². The van der Waals surface area contributed by atoms with Crippen LogP contribution in [0.3, 0.4) is 0 Å². The molecule has 0 aromatic heterocycles. The van der Waals surface area contributed by atoms with Crippen molar-refractivity contribution in [2.24, 2.45) is 0 Å². The van der Waals surface area contributed by atoms with Crippen molar-refractivity contribution in [1.82, 2.24) is 0 Å². The van der Waals surface area contributed by atoms with Gasteiger partial charge in [0.05, 0.1) is 12.7 Å². The molecule has 1 rings (SSSR count). The van der Waals surface area contributed by atoms with Crippen LogP contribution in [-0.2, 0) is 9.53 Å². The van der Waals surface area contributed by atoms with Gasteiger partial charge in [0.1, 0.15) is 6.07 Å². The van der Waals surface area contributed by atoms with Crippen LogP contribution in [0.25, 0.3) is 0 Å². The van der Waals surface area contributed by atoms with Crippen molar-refractivity contribution >= 4 is 17.6 Å². The second kappa shape index (κ2) is 5.05. The summed E-state index contributed by atoms with van der Waals surface area (Å²) in [5.74, 6) is 4.13. The fourth-order valence-electron chi connectivity index (χ4n) is 0.887. The van der Waals surface area contributed by atoms with Crippen LogP contribution in [0.15, 0.2) is 18.2 Å². The number of nitriles is 1. The number of rotatable bonds is 0. The second-order valence-corrected chi connectivity index (χ2v) is 2.98. The van der Waals surface area contributed by atoms with Gasteiger partial charge in [-0.1, -0.05) is 17.5 Å². The van der Waals surface area contributed by atoms with E-state index in [4.69, 9.17) is 16.9 Å². The molecule has 0 N–H and O–H groups in total. The van der Waals surface area contributed by atoms with Gasteiger partial charge in [-0.3, -0.25) is 0 Å². The van der Waals surface area contributed by atoms with E-state index in [1.54, 1.807) is 12.1 Å². The van der Waals surface area contributed by atoms with E-state index in [2.05, 4.69) is 16.6 Å². The topological polar surface area (TPSA) is 50.1 Å². The molecular weight excluding hydrogens is 214 g/mol. The lowest BCUT2D eigenvalue weighted by atomic mass is 10.1. The summed E-state index contributed by atoms with van der Waals surface area (Å²) in [7, 11) is 1.24. The maximum atomic E-state index is 10.7. The number of esters is 1. The Morgan fingerprint density at radius 3 is 2.80 bits per heavy atom. The smallest absolute Gasteiger partial charge is 0.384 e. The Labute approximate surface area is 92.2 Å². The van der Waals surface area contributed by atoms with E-state index in [1.165, 1.54) is 13.2 Å². The van der Waals surface area contributed by atoms with Crippen molar-refractivity contribution in [3.63, 3.8) is 0 Å². The van der Waals surface area contributed by atoms with E-state index in [-0.39, 0.29) is 0 Å². The highest BCUT2D eigenvalue weighted by Crippen LogP contribution is 2.14. The van der Waals surface area contributed by atoms with Gasteiger partial charge in [0.25, 0.3) is 0 Å². The molecule has 0 unspecified atom stereocenters. The van der Waals surface area contributed by atoms with E-state index >= 15 is 0 Å². The third kappa shape index (κ3) is 3.02. The molecule has 0 heterocycles. The molecule has 0 bridgehead atoms. The Kier molecular flexibility index (Phi) is 3.74. The first kappa shape index (κ1) is 11.1. The zero-order chi connectivity index (χ0) is 11.3. The quantitative estimate of drug-likeness (QED) is 0.493. The SMILES string of the molecule is COC(=O)C#Cc1ccc(Cl)cc1C#N. The van der Waals surface area contributed by atoms with E-state index < -0.39 is 5.97 Å². The molecule has 0 aliphatic carbocycles. The number of nitrogens with zero attached hydrogens (tertiary/aromatic N) is 1. The van der Waals surface area contributed by atoms with Crippen LogP contribution < -0.4 is 0 Å². The highest BCUT2D eigenvalue weighted by Gasteiger charge is 2.00. The first-order chi connectivity index (χ1) is 7.17. The number of methoxy groups -OCH3 is 1. The maximum Gasteiger partial charge on any atom is 0.384 e. The van der Waals surface area contributed by atoms with Crippen LogP contribution in [0.2, 0.25) is 5.02 Å². The zero-order valence-electron chi connectivity index (χ0n) is 7.87. The fourth-order valence-corrected chi connectivity index (χ4v) is 1.06. The summed E-state index contributed by atoms with van der Waals surface area (Å²) < 4.78 is 4.35. The van der Waals surface area contributed by atoms with Gasteiger partial charge < -0.3 is 4.74 Å². The van der Waals surface area contributed by atoms with Crippen LogP contribution in [0.4, 0.5) is 0 Å². The first-order valence-corrected chi connectivity index (χ1v) is 4.35. The Morgan fingerprint density at radius 1 is 1.47 bits per heavy atom. The molecule has 0 aliphatic rings. The molecule has 0 spiro atoms. The largest absolute Gasteiger partial charge is 0.459 e. The Morgan fingerprint density at radius 2 is 2.20 bits per heavy atom. The molecule has 0 aliphatic heterocycles. The average Bonchev–Trinajstić information content (AvgIpc) is 2.26. The molecule has 0 radical (unpaired) electrons.